The number of H-pyrrole nitrogens is 1. The van der Waals surface area contributed by atoms with Gasteiger partial charge in [-0.1, -0.05) is 23.7 Å². The Morgan fingerprint density at radius 1 is 1.35 bits per heavy atom. The molecule has 1 aliphatic heterocycles. The summed E-state index contributed by atoms with van der Waals surface area (Å²) in [6.45, 7) is 2.18. The summed E-state index contributed by atoms with van der Waals surface area (Å²) in [6.07, 6.45) is 2.47. The highest BCUT2D eigenvalue weighted by molar-refractivity contribution is 9.10. The number of hydrogen-bond donors (Lipinski definition) is 2. The zero-order chi connectivity index (χ0) is 11.8. The Kier molecular flexibility index (Phi) is 3.16. The fourth-order valence-corrected chi connectivity index (χ4v) is 3.52. The Bertz CT molecular complexity index is 544. The molecule has 3 rings (SSSR count). The summed E-state index contributed by atoms with van der Waals surface area (Å²) >= 11 is 9.92. The lowest BCUT2D eigenvalue weighted by molar-refractivity contribution is 0.455. The van der Waals surface area contributed by atoms with Crippen molar-refractivity contribution in [1.82, 2.24) is 10.3 Å². The molecule has 2 aromatic rings. The normalized spacial score (nSPS) is 20.9. The fourth-order valence-electron chi connectivity index (χ4n) is 2.55. The van der Waals surface area contributed by atoms with Crippen molar-refractivity contribution in [2.24, 2.45) is 0 Å². The second-order valence-electron chi connectivity index (χ2n) is 4.56. The van der Waals surface area contributed by atoms with Crippen molar-refractivity contribution in [3.63, 3.8) is 0 Å². The van der Waals surface area contributed by atoms with E-state index in [1.54, 1.807) is 0 Å². The molecule has 0 aliphatic carbocycles. The number of rotatable bonds is 1. The third-order valence-corrected chi connectivity index (χ3v) is 4.62. The first kappa shape index (κ1) is 11.6. The summed E-state index contributed by atoms with van der Waals surface area (Å²) in [5.74, 6) is 0.557. The Labute approximate surface area is 114 Å². The molecule has 17 heavy (non-hydrogen) atoms. The van der Waals surface area contributed by atoms with E-state index < -0.39 is 0 Å². The quantitative estimate of drug-likeness (QED) is 0.816. The molecule has 4 heteroatoms. The molecule has 1 atom stereocenters. The van der Waals surface area contributed by atoms with E-state index >= 15 is 0 Å². The molecule has 1 unspecified atom stereocenters. The van der Waals surface area contributed by atoms with Gasteiger partial charge in [0.1, 0.15) is 0 Å². The van der Waals surface area contributed by atoms with Crippen LogP contribution in [0.2, 0.25) is 5.02 Å². The Morgan fingerprint density at radius 2 is 2.24 bits per heavy atom. The Balaban J connectivity index is 2.10. The van der Waals surface area contributed by atoms with Crippen molar-refractivity contribution >= 4 is 38.4 Å². The smallest absolute Gasteiger partial charge is 0.0657 e. The molecule has 2 heterocycles. The van der Waals surface area contributed by atoms with E-state index in [2.05, 4.69) is 32.3 Å². The van der Waals surface area contributed by atoms with Crippen LogP contribution < -0.4 is 5.32 Å². The second kappa shape index (κ2) is 4.63. The van der Waals surface area contributed by atoms with Gasteiger partial charge in [-0.15, -0.1) is 0 Å². The zero-order valence-electron chi connectivity index (χ0n) is 9.39. The first-order valence-corrected chi connectivity index (χ1v) is 7.11. The highest BCUT2D eigenvalue weighted by Gasteiger charge is 2.21. The van der Waals surface area contributed by atoms with Gasteiger partial charge in [0.15, 0.2) is 0 Å². The van der Waals surface area contributed by atoms with Crippen LogP contribution in [0.25, 0.3) is 10.9 Å². The van der Waals surface area contributed by atoms with Crippen LogP contribution in [0.3, 0.4) is 0 Å². The zero-order valence-corrected chi connectivity index (χ0v) is 11.7. The van der Waals surface area contributed by atoms with E-state index in [0.717, 1.165) is 23.6 Å². The average molecular weight is 314 g/mol. The largest absolute Gasteiger partial charge is 0.356 e. The van der Waals surface area contributed by atoms with Crippen molar-refractivity contribution in [3.8, 4) is 0 Å². The highest BCUT2D eigenvalue weighted by Crippen LogP contribution is 2.37. The monoisotopic (exact) mass is 312 g/mol. The third kappa shape index (κ3) is 2.01. The maximum atomic E-state index is 6.21. The first-order valence-electron chi connectivity index (χ1n) is 5.93. The van der Waals surface area contributed by atoms with Gasteiger partial charge < -0.3 is 10.3 Å². The molecule has 1 aromatic heterocycles. The van der Waals surface area contributed by atoms with Gasteiger partial charge in [0.2, 0.25) is 0 Å². The van der Waals surface area contributed by atoms with Gasteiger partial charge in [-0.2, -0.15) is 0 Å². The van der Waals surface area contributed by atoms with Gasteiger partial charge in [0, 0.05) is 28.0 Å². The third-order valence-electron chi connectivity index (χ3n) is 3.45. The van der Waals surface area contributed by atoms with Crippen molar-refractivity contribution in [2.45, 2.75) is 18.8 Å². The van der Waals surface area contributed by atoms with Crippen LogP contribution in [0.15, 0.2) is 22.7 Å². The number of halogens is 2. The molecular formula is C13H14BrClN2. The number of piperidine rings is 1. The lowest BCUT2D eigenvalue weighted by atomic mass is 9.96. The fraction of sp³-hybridized carbons (Fsp3) is 0.385. The van der Waals surface area contributed by atoms with Gasteiger partial charge >= 0.3 is 0 Å². The van der Waals surface area contributed by atoms with Crippen LogP contribution in [-0.4, -0.2) is 18.1 Å². The van der Waals surface area contributed by atoms with Crippen LogP contribution in [0.1, 0.15) is 24.5 Å². The maximum absolute atomic E-state index is 6.21. The second-order valence-corrected chi connectivity index (χ2v) is 5.76. The molecule has 0 radical (unpaired) electrons. The number of benzene rings is 1. The number of para-hydroxylation sites is 1. The summed E-state index contributed by atoms with van der Waals surface area (Å²) in [4.78, 5) is 3.48. The van der Waals surface area contributed by atoms with E-state index in [9.17, 15) is 0 Å². The van der Waals surface area contributed by atoms with E-state index in [0.29, 0.717) is 5.92 Å². The highest BCUT2D eigenvalue weighted by atomic mass is 79.9. The van der Waals surface area contributed by atoms with Crippen LogP contribution in [0.5, 0.6) is 0 Å². The molecule has 90 valence electrons. The SMILES string of the molecule is Clc1cccc2c(Br)c(C3CCCNC3)[nH]c12. The van der Waals surface area contributed by atoms with Crippen LogP contribution in [0.4, 0.5) is 0 Å². The summed E-state index contributed by atoms with van der Waals surface area (Å²) < 4.78 is 1.17. The van der Waals surface area contributed by atoms with Crippen molar-refractivity contribution in [1.29, 1.82) is 0 Å². The van der Waals surface area contributed by atoms with Gasteiger partial charge in [-0.25, -0.2) is 0 Å². The molecule has 0 saturated carbocycles. The Hall–Kier alpha value is -0.510. The van der Waals surface area contributed by atoms with E-state index in [-0.39, 0.29) is 0 Å². The minimum Gasteiger partial charge on any atom is -0.356 e. The van der Waals surface area contributed by atoms with Crippen LogP contribution >= 0.6 is 27.5 Å². The van der Waals surface area contributed by atoms with E-state index in [1.807, 2.05) is 12.1 Å². The van der Waals surface area contributed by atoms with Crippen molar-refractivity contribution in [3.05, 3.63) is 33.4 Å². The lowest BCUT2D eigenvalue weighted by Crippen LogP contribution is -2.28. The van der Waals surface area contributed by atoms with Crippen molar-refractivity contribution < 1.29 is 0 Å². The molecule has 1 saturated heterocycles. The summed E-state index contributed by atoms with van der Waals surface area (Å²) in [7, 11) is 0. The number of aromatic nitrogens is 1. The van der Waals surface area contributed by atoms with Gasteiger partial charge in [0.25, 0.3) is 0 Å². The van der Waals surface area contributed by atoms with Crippen LogP contribution in [-0.2, 0) is 0 Å². The van der Waals surface area contributed by atoms with Gasteiger partial charge in [-0.3, -0.25) is 0 Å². The van der Waals surface area contributed by atoms with Gasteiger partial charge in [-0.05, 0) is 41.4 Å². The molecule has 0 spiro atoms. The topological polar surface area (TPSA) is 27.8 Å². The molecule has 2 nitrogen and oxygen atoms in total. The molecule has 0 amide bonds. The minimum absolute atomic E-state index is 0.557. The molecule has 1 aliphatic rings. The predicted molar refractivity (Wildman–Crippen MR) is 75.9 cm³/mol. The van der Waals surface area contributed by atoms with Gasteiger partial charge in [0.05, 0.1) is 10.5 Å². The molecule has 1 fully saturated rings. The summed E-state index contributed by atoms with van der Waals surface area (Å²) in [5, 5.41) is 5.41. The van der Waals surface area contributed by atoms with Crippen molar-refractivity contribution in [2.75, 3.05) is 13.1 Å². The molecule has 1 aromatic carbocycles. The lowest BCUT2D eigenvalue weighted by Gasteiger charge is -2.22. The predicted octanol–water partition coefficient (Wildman–Crippen LogP) is 4.05. The molecule has 2 N–H and O–H groups in total. The summed E-state index contributed by atoms with van der Waals surface area (Å²) in [6, 6.07) is 6.02. The minimum atomic E-state index is 0.557. The standard InChI is InChI=1S/C13H14BrClN2/c14-11-9-4-1-5-10(15)13(9)17-12(11)8-3-2-6-16-7-8/h1,4-5,8,16-17H,2-3,6-7H2. The number of fused-ring (bicyclic) bond motifs is 1. The average Bonchev–Trinajstić information content (AvgIpc) is 2.70. The first-order chi connectivity index (χ1) is 8.27. The number of nitrogens with one attached hydrogen (secondary N) is 2. The maximum Gasteiger partial charge on any atom is 0.0657 e. The van der Waals surface area contributed by atoms with E-state index in [1.165, 1.54) is 28.4 Å². The Morgan fingerprint density at radius 3 is 2.94 bits per heavy atom. The summed E-state index contributed by atoms with van der Waals surface area (Å²) in [5.41, 5.74) is 2.32. The molecular weight excluding hydrogens is 300 g/mol. The van der Waals surface area contributed by atoms with Crippen LogP contribution in [0, 0.1) is 0 Å². The molecule has 0 bridgehead atoms. The number of hydrogen-bond acceptors (Lipinski definition) is 1. The van der Waals surface area contributed by atoms with E-state index in [4.69, 9.17) is 11.6 Å². The number of aromatic amines is 1.